The molecule has 0 radical (unpaired) electrons. The van der Waals surface area contributed by atoms with Crippen LogP contribution in [0.4, 0.5) is 5.69 Å². The second kappa shape index (κ2) is 6.23. The van der Waals surface area contributed by atoms with Crippen molar-refractivity contribution in [3.05, 3.63) is 42.0 Å². The molecule has 2 aliphatic heterocycles. The number of hydrogen-bond acceptors (Lipinski definition) is 2. The number of aryl methyl sites for hydroxylation is 1. The van der Waals surface area contributed by atoms with E-state index in [0.29, 0.717) is 6.42 Å². The van der Waals surface area contributed by atoms with E-state index in [1.807, 2.05) is 11.0 Å². The van der Waals surface area contributed by atoms with E-state index in [1.54, 1.807) is 0 Å². The van der Waals surface area contributed by atoms with Crippen LogP contribution in [0.15, 0.2) is 36.4 Å². The van der Waals surface area contributed by atoms with Crippen LogP contribution in [0.1, 0.15) is 24.8 Å². The maximum absolute atomic E-state index is 12.5. The van der Waals surface area contributed by atoms with E-state index in [-0.39, 0.29) is 5.91 Å². The Hall–Kier alpha value is -1.61. The summed E-state index contributed by atoms with van der Waals surface area (Å²) in [4.78, 5) is 16.8. The van der Waals surface area contributed by atoms with Crippen molar-refractivity contribution in [3.63, 3.8) is 0 Å². The fourth-order valence-corrected chi connectivity index (χ4v) is 3.07. The molecule has 0 spiro atoms. The van der Waals surface area contributed by atoms with E-state index in [9.17, 15) is 4.79 Å². The predicted molar refractivity (Wildman–Crippen MR) is 81.9 cm³/mol. The van der Waals surface area contributed by atoms with Crippen LogP contribution in [0.3, 0.4) is 0 Å². The molecule has 2 aliphatic rings. The Balaban J connectivity index is 1.61. The van der Waals surface area contributed by atoms with Gasteiger partial charge in [0.15, 0.2) is 0 Å². The smallest absolute Gasteiger partial charge is 0.228 e. The van der Waals surface area contributed by atoms with Crippen molar-refractivity contribution in [1.82, 2.24) is 4.90 Å². The Morgan fingerprint density at radius 1 is 1.15 bits per heavy atom. The van der Waals surface area contributed by atoms with Gasteiger partial charge in [0.05, 0.1) is 0 Å². The van der Waals surface area contributed by atoms with E-state index in [4.69, 9.17) is 0 Å². The van der Waals surface area contributed by atoms with Gasteiger partial charge in [-0.2, -0.15) is 0 Å². The van der Waals surface area contributed by atoms with Gasteiger partial charge in [-0.15, -0.1) is 0 Å². The van der Waals surface area contributed by atoms with Crippen molar-refractivity contribution in [2.45, 2.75) is 25.7 Å². The third-order valence-electron chi connectivity index (χ3n) is 4.20. The average molecular weight is 270 g/mol. The molecule has 3 rings (SSSR count). The zero-order valence-electron chi connectivity index (χ0n) is 11.9. The van der Waals surface area contributed by atoms with Crippen molar-refractivity contribution >= 4 is 11.6 Å². The topological polar surface area (TPSA) is 23.6 Å². The number of carbonyl (C=O) groups is 1. The van der Waals surface area contributed by atoms with Gasteiger partial charge in [0, 0.05) is 38.3 Å². The fourth-order valence-electron chi connectivity index (χ4n) is 3.07. The first-order valence-electron chi connectivity index (χ1n) is 7.60. The minimum atomic E-state index is 0.270. The summed E-state index contributed by atoms with van der Waals surface area (Å²) in [5, 5.41) is 0. The number of amides is 1. The molecule has 0 bridgehead atoms. The van der Waals surface area contributed by atoms with Crippen molar-refractivity contribution in [2.75, 3.05) is 31.1 Å². The molecule has 2 heterocycles. The lowest BCUT2D eigenvalue weighted by atomic mass is 10.0. The molecule has 1 amide bonds. The van der Waals surface area contributed by atoms with Gasteiger partial charge in [0.1, 0.15) is 0 Å². The van der Waals surface area contributed by atoms with E-state index < -0.39 is 0 Å². The molecule has 0 aromatic heterocycles. The molecule has 106 valence electrons. The Morgan fingerprint density at radius 3 is 2.90 bits per heavy atom. The van der Waals surface area contributed by atoms with Crippen molar-refractivity contribution in [3.8, 4) is 0 Å². The lowest BCUT2D eigenvalue weighted by Crippen LogP contribution is -2.38. The molecule has 1 aromatic carbocycles. The number of benzene rings is 1. The Labute approximate surface area is 120 Å². The van der Waals surface area contributed by atoms with Crippen LogP contribution >= 0.6 is 0 Å². The van der Waals surface area contributed by atoms with Gasteiger partial charge in [-0.1, -0.05) is 30.4 Å². The largest absolute Gasteiger partial charge is 0.312 e. The van der Waals surface area contributed by atoms with Gasteiger partial charge in [-0.05, 0) is 30.9 Å². The highest BCUT2D eigenvalue weighted by Gasteiger charge is 2.22. The average Bonchev–Trinajstić information content (AvgIpc) is 2.53. The summed E-state index contributed by atoms with van der Waals surface area (Å²) < 4.78 is 0. The highest BCUT2D eigenvalue weighted by Crippen LogP contribution is 2.27. The van der Waals surface area contributed by atoms with Gasteiger partial charge in [-0.25, -0.2) is 0 Å². The first-order chi connectivity index (χ1) is 9.84. The SMILES string of the molecule is O=C(CCN1CC=CCC1)N1CCCc2ccccc21. The standard InChI is InChI=1S/C17H22N2O/c20-17(10-14-18-11-4-1-5-12-18)19-13-6-8-15-7-2-3-9-16(15)19/h1-4,7,9H,5-6,8,10-14H2. The summed E-state index contributed by atoms with van der Waals surface area (Å²) in [6.45, 7) is 3.82. The summed E-state index contributed by atoms with van der Waals surface area (Å²) in [6, 6.07) is 8.31. The molecule has 1 aromatic rings. The Kier molecular flexibility index (Phi) is 4.16. The highest BCUT2D eigenvalue weighted by atomic mass is 16.2. The monoisotopic (exact) mass is 270 g/mol. The van der Waals surface area contributed by atoms with E-state index >= 15 is 0 Å². The van der Waals surface area contributed by atoms with Crippen LogP contribution < -0.4 is 4.90 Å². The third-order valence-corrected chi connectivity index (χ3v) is 4.20. The zero-order valence-corrected chi connectivity index (χ0v) is 11.9. The van der Waals surface area contributed by atoms with E-state index in [2.05, 4.69) is 35.3 Å². The number of rotatable bonds is 3. The first-order valence-corrected chi connectivity index (χ1v) is 7.60. The molecular weight excluding hydrogens is 248 g/mol. The highest BCUT2D eigenvalue weighted by molar-refractivity contribution is 5.94. The number of carbonyl (C=O) groups excluding carboxylic acids is 1. The van der Waals surface area contributed by atoms with Crippen LogP contribution in [0.25, 0.3) is 0 Å². The summed E-state index contributed by atoms with van der Waals surface area (Å²) in [7, 11) is 0. The second-order valence-electron chi connectivity index (χ2n) is 5.59. The van der Waals surface area contributed by atoms with Crippen LogP contribution in [0.2, 0.25) is 0 Å². The molecule has 20 heavy (non-hydrogen) atoms. The molecule has 0 saturated heterocycles. The number of para-hydroxylation sites is 1. The number of fused-ring (bicyclic) bond motifs is 1. The van der Waals surface area contributed by atoms with Crippen molar-refractivity contribution in [2.24, 2.45) is 0 Å². The van der Waals surface area contributed by atoms with Crippen LogP contribution in [-0.4, -0.2) is 37.0 Å². The number of nitrogens with zero attached hydrogens (tertiary/aromatic N) is 2. The molecule has 3 nitrogen and oxygen atoms in total. The number of hydrogen-bond donors (Lipinski definition) is 0. The normalized spacial score (nSPS) is 18.9. The zero-order chi connectivity index (χ0) is 13.8. The molecule has 0 saturated carbocycles. The number of anilines is 1. The van der Waals surface area contributed by atoms with Crippen molar-refractivity contribution in [1.29, 1.82) is 0 Å². The maximum Gasteiger partial charge on any atom is 0.228 e. The van der Waals surface area contributed by atoms with Crippen LogP contribution in [-0.2, 0) is 11.2 Å². The van der Waals surface area contributed by atoms with Crippen LogP contribution in [0, 0.1) is 0 Å². The molecule has 0 fully saturated rings. The Bertz CT molecular complexity index is 509. The van der Waals surface area contributed by atoms with Crippen LogP contribution in [0.5, 0.6) is 0 Å². The van der Waals surface area contributed by atoms with Gasteiger partial charge in [-0.3, -0.25) is 9.69 Å². The lowest BCUT2D eigenvalue weighted by molar-refractivity contribution is -0.119. The predicted octanol–water partition coefficient (Wildman–Crippen LogP) is 2.62. The minimum Gasteiger partial charge on any atom is -0.312 e. The summed E-state index contributed by atoms with van der Waals surface area (Å²) >= 11 is 0. The molecule has 3 heteroatoms. The molecule has 0 N–H and O–H groups in total. The van der Waals surface area contributed by atoms with Crippen molar-refractivity contribution < 1.29 is 4.79 Å². The van der Waals surface area contributed by atoms with Gasteiger partial charge in [0.25, 0.3) is 0 Å². The summed E-state index contributed by atoms with van der Waals surface area (Å²) in [6.07, 6.45) is 8.33. The molecule has 0 atom stereocenters. The summed E-state index contributed by atoms with van der Waals surface area (Å²) in [5.41, 5.74) is 2.44. The van der Waals surface area contributed by atoms with Gasteiger partial charge in [0.2, 0.25) is 5.91 Å². The summed E-state index contributed by atoms with van der Waals surface area (Å²) in [5.74, 6) is 0.270. The minimum absolute atomic E-state index is 0.270. The molecule has 0 aliphatic carbocycles. The Morgan fingerprint density at radius 2 is 2.05 bits per heavy atom. The van der Waals surface area contributed by atoms with E-state index in [1.165, 1.54) is 5.56 Å². The first kappa shape index (κ1) is 13.4. The van der Waals surface area contributed by atoms with Gasteiger partial charge < -0.3 is 4.90 Å². The second-order valence-corrected chi connectivity index (χ2v) is 5.59. The third kappa shape index (κ3) is 2.93. The fraction of sp³-hybridized carbons (Fsp3) is 0.471. The van der Waals surface area contributed by atoms with Gasteiger partial charge >= 0.3 is 0 Å². The maximum atomic E-state index is 12.5. The molecular formula is C17H22N2O. The quantitative estimate of drug-likeness (QED) is 0.788. The lowest BCUT2D eigenvalue weighted by Gasteiger charge is -2.30. The van der Waals surface area contributed by atoms with E-state index in [0.717, 1.165) is 51.1 Å². The molecule has 0 unspecified atom stereocenters.